The second-order valence-electron chi connectivity index (χ2n) is 7.08. The maximum atomic E-state index is 12.0. The van der Waals surface area contributed by atoms with Gasteiger partial charge in [-0.1, -0.05) is 73.7 Å². The van der Waals surface area contributed by atoms with Gasteiger partial charge < -0.3 is 5.32 Å². The van der Waals surface area contributed by atoms with Crippen LogP contribution in [0.1, 0.15) is 74.6 Å². The van der Waals surface area contributed by atoms with E-state index in [-0.39, 0.29) is 5.91 Å². The molecule has 1 aliphatic rings. The van der Waals surface area contributed by atoms with Crippen LogP contribution in [0.15, 0.2) is 28.7 Å². The van der Waals surface area contributed by atoms with E-state index in [0.29, 0.717) is 0 Å². The average molecular weight is 426 g/mol. The molecule has 0 radical (unpaired) electrons. The maximum Gasteiger partial charge on any atom is 0.251 e. The van der Waals surface area contributed by atoms with Crippen molar-refractivity contribution < 1.29 is 4.79 Å². The molecule has 1 amide bonds. The average Bonchev–Trinajstić information content (AvgIpc) is 2.63. The van der Waals surface area contributed by atoms with E-state index in [1.165, 1.54) is 70.0 Å². The zero-order valence-electron chi connectivity index (χ0n) is 15.3. The van der Waals surface area contributed by atoms with E-state index in [9.17, 15) is 4.79 Å². The smallest absolute Gasteiger partial charge is 0.251 e. The number of rotatable bonds is 7. The standard InChI is InChI=1S/C21H32BrNOS/c22-20-12-10-19(11-13-20)21(24)23-15-17-25-16-14-18-8-6-4-2-1-3-5-7-9-18/h10-13,18H,1-9,14-17H2,(H,23,24). The fraction of sp³-hybridized carbons (Fsp3) is 0.667. The second kappa shape index (κ2) is 12.8. The number of benzene rings is 1. The van der Waals surface area contributed by atoms with E-state index < -0.39 is 0 Å². The number of hydrogen-bond acceptors (Lipinski definition) is 2. The number of carbonyl (C=O) groups excluding carboxylic acids is 1. The van der Waals surface area contributed by atoms with Gasteiger partial charge in [-0.05, 0) is 42.4 Å². The first-order chi connectivity index (χ1) is 12.3. The Labute approximate surface area is 166 Å². The molecule has 0 bridgehead atoms. The van der Waals surface area contributed by atoms with Crippen molar-refractivity contribution in [2.24, 2.45) is 5.92 Å². The molecule has 4 heteroatoms. The normalized spacial score (nSPS) is 17.2. The highest BCUT2D eigenvalue weighted by atomic mass is 79.9. The van der Waals surface area contributed by atoms with Crippen LogP contribution in [-0.4, -0.2) is 24.0 Å². The van der Waals surface area contributed by atoms with Gasteiger partial charge in [-0.25, -0.2) is 0 Å². The molecule has 0 atom stereocenters. The Morgan fingerprint density at radius 2 is 1.56 bits per heavy atom. The van der Waals surface area contributed by atoms with Crippen LogP contribution >= 0.6 is 27.7 Å². The van der Waals surface area contributed by atoms with Gasteiger partial charge in [0.05, 0.1) is 0 Å². The van der Waals surface area contributed by atoms with Crippen LogP contribution in [0.2, 0.25) is 0 Å². The van der Waals surface area contributed by atoms with Gasteiger partial charge in [0.1, 0.15) is 0 Å². The molecule has 1 aromatic rings. The first kappa shape index (κ1) is 20.8. The summed E-state index contributed by atoms with van der Waals surface area (Å²) >= 11 is 5.38. The lowest BCUT2D eigenvalue weighted by Crippen LogP contribution is -2.25. The van der Waals surface area contributed by atoms with E-state index in [1.54, 1.807) is 0 Å². The highest BCUT2D eigenvalue weighted by Crippen LogP contribution is 2.25. The van der Waals surface area contributed by atoms with Gasteiger partial charge in [0, 0.05) is 22.3 Å². The van der Waals surface area contributed by atoms with Crippen molar-refractivity contribution in [1.29, 1.82) is 0 Å². The molecule has 25 heavy (non-hydrogen) atoms. The Kier molecular flexibility index (Phi) is 10.7. The van der Waals surface area contributed by atoms with Gasteiger partial charge in [-0.2, -0.15) is 11.8 Å². The zero-order chi connectivity index (χ0) is 17.7. The number of hydrogen-bond donors (Lipinski definition) is 1. The van der Waals surface area contributed by atoms with Crippen LogP contribution < -0.4 is 5.32 Å². The molecular formula is C21H32BrNOS. The van der Waals surface area contributed by atoms with Gasteiger partial charge in [-0.15, -0.1) is 0 Å². The third-order valence-corrected chi connectivity index (χ3v) is 6.58. The van der Waals surface area contributed by atoms with Crippen molar-refractivity contribution in [3.8, 4) is 0 Å². The first-order valence-electron chi connectivity index (χ1n) is 9.87. The number of halogens is 1. The van der Waals surface area contributed by atoms with Gasteiger partial charge in [-0.3, -0.25) is 4.79 Å². The molecule has 0 aliphatic heterocycles. The van der Waals surface area contributed by atoms with Crippen LogP contribution in [-0.2, 0) is 0 Å². The minimum absolute atomic E-state index is 0.0282. The Bertz CT molecular complexity index is 481. The monoisotopic (exact) mass is 425 g/mol. The number of nitrogens with one attached hydrogen (secondary N) is 1. The number of carbonyl (C=O) groups is 1. The van der Waals surface area contributed by atoms with Crippen molar-refractivity contribution >= 4 is 33.6 Å². The summed E-state index contributed by atoms with van der Waals surface area (Å²) in [5, 5.41) is 3.02. The van der Waals surface area contributed by atoms with Gasteiger partial charge in [0.25, 0.3) is 5.91 Å². The number of amides is 1. The maximum absolute atomic E-state index is 12.0. The van der Waals surface area contributed by atoms with E-state index >= 15 is 0 Å². The van der Waals surface area contributed by atoms with Gasteiger partial charge in [0.2, 0.25) is 0 Å². The van der Waals surface area contributed by atoms with Crippen LogP contribution in [0.3, 0.4) is 0 Å². The predicted octanol–water partition coefficient (Wildman–Crippen LogP) is 6.44. The molecule has 2 rings (SSSR count). The summed E-state index contributed by atoms with van der Waals surface area (Å²) < 4.78 is 1.00. The third-order valence-electron chi connectivity index (χ3n) is 5.03. The van der Waals surface area contributed by atoms with E-state index in [0.717, 1.165) is 28.3 Å². The van der Waals surface area contributed by atoms with E-state index in [1.807, 2.05) is 36.0 Å². The van der Waals surface area contributed by atoms with Crippen molar-refractivity contribution in [3.05, 3.63) is 34.3 Å². The molecule has 2 nitrogen and oxygen atoms in total. The van der Waals surface area contributed by atoms with E-state index in [2.05, 4.69) is 21.2 Å². The molecule has 1 fully saturated rings. The SMILES string of the molecule is O=C(NCCSCCC1CCCCCCCCC1)c1ccc(Br)cc1. The molecule has 1 aromatic carbocycles. The summed E-state index contributed by atoms with van der Waals surface area (Å²) in [5.74, 6) is 3.21. The summed E-state index contributed by atoms with van der Waals surface area (Å²) in [4.78, 5) is 12.0. The fourth-order valence-electron chi connectivity index (χ4n) is 3.48. The quantitative estimate of drug-likeness (QED) is 0.508. The molecule has 1 N–H and O–H groups in total. The molecule has 140 valence electrons. The molecule has 1 saturated carbocycles. The lowest BCUT2D eigenvalue weighted by molar-refractivity contribution is 0.0956. The molecule has 0 heterocycles. The zero-order valence-corrected chi connectivity index (χ0v) is 17.7. The highest BCUT2D eigenvalue weighted by molar-refractivity contribution is 9.10. The lowest BCUT2D eigenvalue weighted by atomic mass is 9.90. The summed E-state index contributed by atoms with van der Waals surface area (Å²) in [5.41, 5.74) is 0.731. The largest absolute Gasteiger partial charge is 0.351 e. The lowest BCUT2D eigenvalue weighted by Gasteiger charge is -2.18. The minimum Gasteiger partial charge on any atom is -0.351 e. The molecular weight excluding hydrogens is 394 g/mol. The Morgan fingerprint density at radius 3 is 2.20 bits per heavy atom. The third kappa shape index (κ3) is 9.14. The Balaban J connectivity index is 1.54. The van der Waals surface area contributed by atoms with Crippen molar-refractivity contribution in [2.75, 3.05) is 18.1 Å². The van der Waals surface area contributed by atoms with Crippen LogP contribution in [0.4, 0.5) is 0 Å². The van der Waals surface area contributed by atoms with Crippen molar-refractivity contribution in [1.82, 2.24) is 5.32 Å². The van der Waals surface area contributed by atoms with Crippen LogP contribution in [0.25, 0.3) is 0 Å². The molecule has 1 aliphatic carbocycles. The number of thioether (sulfide) groups is 1. The second-order valence-corrected chi connectivity index (χ2v) is 9.22. The Hall–Kier alpha value is -0.480. The summed E-state index contributed by atoms with van der Waals surface area (Å²) in [6, 6.07) is 7.52. The summed E-state index contributed by atoms with van der Waals surface area (Å²) in [6.07, 6.45) is 14.3. The van der Waals surface area contributed by atoms with Crippen molar-refractivity contribution in [3.63, 3.8) is 0 Å². The van der Waals surface area contributed by atoms with Crippen molar-refractivity contribution in [2.45, 2.75) is 64.2 Å². The van der Waals surface area contributed by atoms with E-state index in [4.69, 9.17) is 0 Å². The molecule has 0 aromatic heterocycles. The molecule has 0 saturated heterocycles. The highest BCUT2D eigenvalue weighted by Gasteiger charge is 2.10. The predicted molar refractivity (Wildman–Crippen MR) is 113 cm³/mol. The van der Waals surface area contributed by atoms with Gasteiger partial charge >= 0.3 is 0 Å². The molecule has 0 spiro atoms. The topological polar surface area (TPSA) is 29.1 Å². The Morgan fingerprint density at radius 1 is 0.960 bits per heavy atom. The first-order valence-corrected chi connectivity index (χ1v) is 11.8. The molecule has 0 unspecified atom stereocenters. The van der Waals surface area contributed by atoms with Gasteiger partial charge in [0.15, 0.2) is 0 Å². The minimum atomic E-state index is 0.0282. The van der Waals surface area contributed by atoms with Crippen LogP contribution in [0, 0.1) is 5.92 Å². The summed E-state index contributed by atoms with van der Waals surface area (Å²) in [6.45, 7) is 0.754. The van der Waals surface area contributed by atoms with Crippen LogP contribution in [0.5, 0.6) is 0 Å². The fourth-order valence-corrected chi connectivity index (χ4v) is 4.69. The summed E-state index contributed by atoms with van der Waals surface area (Å²) in [7, 11) is 0.